The average Bonchev–Trinajstić information content (AvgIpc) is 3.03. The lowest BCUT2D eigenvalue weighted by Crippen LogP contribution is -2.41. The molecule has 0 amide bonds. The Morgan fingerprint density at radius 1 is 1.07 bits per heavy atom. The Morgan fingerprint density at radius 2 is 1.83 bits per heavy atom. The van der Waals surface area contributed by atoms with E-state index >= 15 is 0 Å². The second-order valence-electron chi connectivity index (χ2n) is 8.10. The Kier molecular flexibility index (Phi) is 7.25. The summed E-state index contributed by atoms with van der Waals surface area (Å²) in [5.41, 5.74) is 2.77. The highest BCUT2D eigenvalue weighted by Crippen LogP contribution is 2.44. The van der Waals surface area contributed by atoms with Crippen LogP contribution in [0, 0.1) is 11.3 Å². The van der Waals surface area contributed by atoms with Gasteiger partial charge >= 0.3 is 0 Å². The molecule has 1 unspecified atom stereocenters. The molecule has 1 atom stereocenters. The van der Waals surface area contributed by atoms with Gasteiger partial charge in [0, 0.05) is 20.0 Å². The first-order chi connectivity index (χ1) is 14.0. The van der Waals surface area contributed by atoms with E-state index in [-0.39, 0.29) is 17.5 Å². The molecule has 0 spiro atoms. The maximum absolute atomic E-state index is 12.9. The molecule has 1 fully saturated rings. The van der Waals surface area contributed by atoms with E-state index in [1.54, 1.807) is 14.2 Å². The van der Waals surface area contributed by atoms with Gasteiger partial charge in [-0.3, -0.25) is 9.59 Å². The molecule has 158 valence electrons. The van der Waals surface area contributed by atoms with Gasteiger partial charge in [-0.1, -0.05) is 19.1 Å². The Bertz CT molecular complexity index is 763. The van der Waals surface area contributed by atoms with E-state index in [1.165, 1.54) is 16.7 Å². The van der Waals surface area contributed by atoms with Crippen LogP contribution in [0.4, 0.5) is 0 Å². The van der Waals surface area contributed by atoms with E-state index in [4.69, 9.17) is 14.2 Å². The van der Waals surface area contributed by atoms with Crippen LogP contribution in [-0.2, 0) is 25.5 Å². The highest BCUT2D eigenvalue weighted by molar-refractivity contribution is 6.13. The number of rotatable bonds is 9. The van der Waals surface area contributed by atoms with E-state index in [9.17, 15) is 9.59 Å². The van der Waals surface area contributed by atoms with Crippen molar-refractivity contribution in [1.82, 2.24) is 0 Å². The lowest BCUT2D eigenvalue weighted by molar-refractivity contribution is -0.140. The first kappa shape index (κ1) is 21.7. The van der Waals surface area contributed by atoms with Gasteiger partial charge in [0.1, 0.15) is 17.3 Å². The minimum absolute atomic E-state index is 0.0629. The van der Waals surface area contributed by atoms with Gasteiger partial charge in [-0.25, -0.2) is 0 Å². The van der Waals surface area contributed by atoms with Crippen LogP contribution in [0.1, 0.15) is 50.2 Å². The second-order valence-corrected chi connectivity index (χ2v) is 8.10. The Morgan fingerprint density at radius 3 is 2.52 bits per heavy atom. The van der Waals surface area contributed by atoms with Crippen LogP contribution in [0.2, 0.25) is 0 Å². The van der Waals surface area contributed by atoms with Crippen LogP contribution in [0.25, 0.3) is 5.57 Å². The summed E-state index contributed by atoms with van der Waals surface area (Å²) in [6.07, 6.45) is 6.34. The van der Waals surface area contributed by atoms with Crippen molar-refractivity contribution in [1.29, 1.82) is 0 Å². The zero-order valence-electron chi connectivity index (χ0n) is 17.8. The molecule has 29 heavy (non-hydrogen) atoms. The number of hydrogen-bond acceptors (Lipinski definition) is 5. The molecule has 3 rings (SSSR count). The van der Waals surface area contributed by atoms with Gasteiger partial charge < -0.3 is 14.2 Å². The Balaban J connectivity index is 1.83. The summed E-state index contributed by atoms with van der Waals surface area (Å²) in [5, 5.41) is 0. The normalized spacial score (nSPS) is 20.7. The lowest BCUT2D eigenvalue weighted by atomic mass is 9.70. The maximum atomic E-state index is 12.9. The molecule has 2 aliphatic rings. The number of carbonyl (C=O) groups excluding carboxylic acids is 2. The number of aryl methyl sites for hydroxylation is 1. The number of ketones is 2. The summed E-state index contributed by atoms with van der Waals surface area (Å²) >= 11 is 0. The quantitative estimate of drug-likeness (QED) is 0.463. The number of hydrogen-bond donors (Lipinski definition) is 0. The molecule has 0 aromatic heterocycles. The fraction of sp³-hybridized carbons (Fsp3) is 0.583. The average molecular weight is 401 g/mol. The first-order valence-corrected chi connectivity index (χ1v) is 10.5. The van der Waals surface area contributed by atoms with Gasteiger partial charge in [0.2, 0.25) is 0 Å². The first-order valence-electron chi connectivity index (χ1n) is 10.5. The molecule has 5 heteroatoms. The molecule has 0 heterocycles. The molecular weight excluding hydrogens is 368 g/mol. The van der Waals surface area contributed by atoms with Crippen LogP contribution in [0.5, 0.6) is 5.75 Å². The van der Waals surface area contributed by atoms with Gasteiger partial charge in [0.25, 0.3) is 0 Å². The summed E-state index contributed by atoms with van der Waals surface area (Å²) in [6, 6.07) is 6.17. The number of benzene rings is 1. The van der Waals surface area contributed by atoms with Gasteiger partial charge in [0.05, 0.1) is 32.3 Å². The fourth-order valence-corrected chi connectivity index (χ4v) is 4.67. The van der Waals surface area contributed by atoms with E-state index in [0.717, 1.165) is 25.0 Å². The van der Waals surface area contributed by atoms with Gasteiger partial charge in [-0.05, 0) is 60.4 Å². The standard InChI is InChI=1S/C24H32O5/c1-17(16-29-14-13-27-2)24(22(25)9-10-23(24)26)12-11-18-5-4-6-19-15-20(28-3)7-8-21(18)19/h7-8,11,15,17H,4-6,9-10,12-14,16H2,1-3H3/b18-11-. The number of carbonyl (C=O) groups is 2. The molecule has 1 aromatic carbocycles. The molecule has 0 bridgehead atoms. The van der Waals surface area contributed by atoms with Crippen molar-refractivity contribution in [2.45, 2.75) is 45.4 Å². The number of ether oxygens (including phenoxy) is 3. The third-order valence-electron chi connectivity index (χ3n) is 6.44. The van der Waals surface area contributed by atoms with E-state index in [1.807, 2.05) is 13.0 Å². The van der Waals surface area contributed by atoms with Crippen molar-refractivity contribution >= 4 is 17.1 Å². The molecule has 0 N–H and O–H groups in total. The number of fused-ring (bicyclic) bond motifs is 1. The zero-order chi connectivity index (χ0) is 20.9. The summed E-state index contributed by atoms with van der Waals surface area (Å²) in [6.45, 7) is 3.32. The minimum atomic E-state index is -0.954. The third kappa shape index (κ3) is 4.46. The van der Waals surface area contributed by atoms with Crippen molar-refractivity contribution in [3.8, 4) is 5.75 Å². The lowest BCUT2D eigenvalue weighted by Gasteiger charge is -2.32. The van der Waals surface area contributed by atoms with E-state index < -0.39 is 5.41 Å². The van der Waals surface area contributed by atoms with Gasteiger partial charge in [0.15, 0.2) is 0 Å². The Hall–Kier alpha value is -1.98. The zero-order valence-corrected chi connectivity index (χ0v) is 17.8. The van der Waals surface area contributed by atoms with Crippen molar-refractivity contribution < 1.29 is 23.8 Å². The predicted molar refractivity (Wildman–Crippen MR) is 112 cm³/mol. The SMILES string of the molecule is COCCOCC(C)C1(C/C=C2/CCCc3cc(OC)ccc32)C(=O)CCC1=O. The highest BCUT2D eigenvalue weighted by atomic mass is 16.5. The highest BCUT2D eigenvalue weighted by Gasteiger charge is 2.52. The van der Waals surface area contributed by atoms with E-state index in [2.05, 4.69) is 18.2 Å². The largest absolute Gasteiger partial charge is 0.497 e. The monoisotopic (exact) mass is 400 g/mol. The second kappa shape index (κ2) is 9.68. The van der Waals surface area contributed by atoms with Gasteiger partial charge in [-0.2, -0.15) is 0 Å². The summed E-state index contributed by atoms with van der Waals surface area (Å²) < 4.78 is 16.1. The van der Waals surface area contributed by atoms with Crippen molar-refractivity contribution in [3.63, 3.8) is 0 Å². The predicted octanol–water partition coefficient (Wildman–Crippen LogP) is 4.02. The van der Waals surface area contributed by atoms with Crippen molar-refractivity contribution in [2.75, 3.05) is 34.0 Å². The smallest absolute Gasteiger partial charge is 0.147 e. The van der Waals surface area contributed by atoms with Gasteiger partial charge in [-0.15, -0.1) is 0 Å². The minimum Gasteiger partial charge on any atom is -0.497 e. The van der Waals surface area contributed by atoms with Crippen LogP contribution in [0.3, 0.4) is 0 Å². The van der Waals surface area contributed by atoms with Crippen molar-refractivity contribution in [2.24, 2.45) is 11.3 Å². The fourth-order valence-electron chi connectivity index (χ4n) is 4.67. The molecular formula is C24H32O5. The van der Waals surface area contributed by atoms with Crippen LogP contribution in [0.15, 0.2) is 24.3 Å². The molecule has 1 saturated carbocycles. The number of Topliss-reactive ketones (excluding diaryl/α,β-unsaturated/α-hetero) is 2. The molecule has 0 aliphatic heterocycles. The number of methoxy groups -OCH3 is 2. The number of allylic oxidation sites excluding steroid dienone is 2. The summed E-state index contributed by atoms with van der Waals surface area (Å²) in [4.78, 5) is 25.8. The molecule has 1 aromatic rings. The maximum Gasteiger partial charge on any atom is 0.147 e. The van der Waals surface area contributed by atoms with Crippen LogP contribution >= 0.6 is 0 Å². The van der Waals surface area contributed by atoms with Crippen molar-refractivity contribution in [3.05, 3.63) is 35.4 Å². The summed E-state index contributed by atoms with van der Waals surface area (Å²) in [7, 11) is 3.31. The van der Waals surface area contributed by atoms with E-state index in [0.29, 0.717) is 39.1 Å². The molecule has 2 aliphatic carbocycles. The molecule has 0 radical (unpaired) electrons. The molecule has 0 saturated heterocycles. The Labute approximate surface area is 173 Å². The summed E-state index contributed by atoms with van der Waals surface area (Å²) in [5.74, 6) is 0.836. The topological polar surface area (TPSA) is 61.8 Å². The third-order valence-corrected chi connectivity index (χ3v) is 6.44. The van der Waals surface area contributed by atoms with Crippen LogP contribution < -0.4 is 4.74 Å². The van der Waals surface area contributed by atoms with Crippen LogP contribution in [-0.4, -0.2) is 45.6 Å². The molecule has 5 nitrogen and oxygen atoms in total.